The topological polar surface area (TPSA) is 71.3 Å². The minimum absolute atomic E-state index is 0.141. The molecule has 1 aromatic carbocycles. The SMILES string of the molecule is COc1ccc(/C(=C/C#N)NCC=O)cc1OC. The minimum Gasteiger partial charge on any atom is -0.493 e. The first-order valence-corrected chi connectivity index (χ1v) is 5.26. The molecule has 0 saturated carbocycles. The van der Waals surface area contributed by atoms with E-state index in [2.05, 4.69) is 5.32 Å². The van der Waals surface area contributed by atoms with E-state index >= 15 is 0 Å². The Bertz CT molecular complexity index is 489. The van der Waals surface area contributed by atoms with E-state index in [4.69, 9.17) is 14.7 Å². The molecule has 0 fully saturated rings. The van der Waals surface area contributed by atoms with Crippen LogP contribution in [0.15, 0.2) is 24.3 Å². The van der Waals surface area contributed by atoms with Gasteiger partial charge in [0.15, 0.2) is 11.5 Å². The number of aldehydes is 1. The number of hydrogen-bond acceptors (Lipinski definition) is 5. The van der Waals surface area contributed by atoms with E-state index in [1.54, 1.807) is 25.3 Å². The molecule has 0 atom stereocenters. The highest BCUT2D eigenvalue weighted by Gasteiger charge is 2.07. The second-order valence-corrected chi connectivity index (χ2v) is 3.30. The molecular weight excluding hydrogens is 232 g/mol. The van der Waals surface area contributed by atoms with Gasteiger partial charge in [0.05, 0.1) is 32.5 Å². The molecule has 0 heterocycles. The Morgan fingerprint density at radius 2 is 2.11 bits per heavy atom. The van der Waals surface area contributed by atoms with Gasteiger partial charge in [-0.15, -0.1) is 0 Å². The summed E-state index contributed by atoms with van der Waals surface area (Å²) in [4.78, 5) is 10.4. The molecule has 5 nitrogen and oxygen atoms in total. The number of nitrogens with zero attached hydrogens (tertiary/aromatic N) is 1. The van der Waals surface area contributed by atoms with Crippen molar-refractivity contribution in [2.75, 3.05) is 20.8 Å². The van der Waals surface area contributed by atoms with E-state index in [0.29, 0.717) is 17.2 Å². The third-order valence-corrected chi connectivity index (χ3v) is 2.28. The van der Waals surface area contributed by atoms with Crippen LogP contribution in [0, 0.1) is 11.3 Å². The van der Waals surface area contributed by atoms with Gasteiger partial charge in [0.1, 0.15) is 6.29 Å². The van der Waals surface area contributed by atoms with E-state index in [1.807, 2.05) is 6.07 Å². The van der Waals surface area contributed by atoms with Crippen LogP contribution in [0.25, 0.3) is 5.70 Å². The molecule has 5 heteroatoms. The highest BCUT2D eigenvalue weighted by atomic mass is 16.5. The number of carbonyl (C=O) groups excluding carboxylic acids is 1. The summed E-state index contributed by atoms with van der Waals surface area (Å²) in [5.74, 6) is 1.17. The van der Waals surface area contributed by atoms with Crippen molar-refractivity contribution >= 4 is 12.0 Å². The fraction of sp³-hybridized carbons (Fsp3) is 0.231. The van der Waals surface area contributed by atoms with Crippen LogP contribution in [-0.4, -0.2) is 27.1 Å². The third-order valence-electron chi connectivity index (χ3n) is 2.28. The molecule has 0 aliphatic carbocycles. The molecule has 1 rings (SSSR count). The van der Waals surface area contributed by atoms with Crippen LogP contribution in [0.2, 0.25) is 0 Å². The lowest BCUT2D eigenvalue weighted by Crippen LogP contribution is -2.14. The second kappa shape index (κ2) is 6.97. The van der Waals surface area contributed by atoms with Crippen LogP contribution in [0.4, 0.5) is 0 Å². The number of nitriles is 1. The zero-order valence-corrected chi connectivity index (χ0v) is 10.3. The summed E-state index contributed by atoms with van der Waals surface area (Å²) in [6.07, 6.45) is 2.07. The van der Waals surface area contributed by atoms with Gasteiger partial charge in [0.25, 0.3) is 0 Å². The standard InChI is InChI=1S/C13H14N2O3/c1-17-12-4-3-10(9-13(12)18-2)11(5-6-14)15-7-8-16/h3-5,8-9,15H,7H2,1-2H3/b11-5-. The number of benzene rings is 1. The molecule has 94 valence electrons. The molecule has 1 aromatic rings. The molecule has 1 N–H and O–H groups in total. The molecule has 0 spiro atoms. The van der Waals surface area contributed by atoms with Crippen molar-refractivity contribution in [3.8, 4) is 17.6 Å². The van der Waals surface area contributed by atoms with Crippen molar-refractivity contribution in [2.45, 2.75) is 0 Å². The monoisotopic (exact) mass is 246 g/mol. The number of ether oxygens (including phenoxy) is 2. The van der Waals surface area contributed by atoms with Gasteiger partial charge >= 0.3 is 0 Å². The Balaban J connectivity index is 3.10. The van der Waals surface area contributed by atoms with Crippen LogP contribution >= 0.6 is 0 Å². The summed E-state index contributed by atoms with van der Waals surface area (Å²) < 4.78 is 10.3. The quantitative estimate of drug-likeness (QED) is 0.606. The molecule has 0 aromatic heterocycles. The van der Waals surface area contributed by atoms with E-state index in [0.717, 1.165) is 11.8 Å². The first kappa shape index (κ1) is 13.6. The van der Waals surface area contributed by atoms with E-state index in [1.165, 1.54) is 13.2 Å². The Kier molecular flexibility index (Phi) is 5.26. The van der Waals surface area contributed by atoms with Crippen LogP contribution in [0.3, 0.4) is 0 Å². The molecule has 0 aliphatic rings. The van der Waals surface area contributed by atoms with Crippen LogP contribution in [0.1, 0.15) is 5.56 Å². The number of methoxy groups -OCH3 is 2. The van der Waals surface area contributed by atoms with Gasteiger partial charge in [0.2, 0.25) is 0 Å². The summed E-state index contributed by atoms with van der Waals surface area (Å²) in [5.41, 5.74) is 1.31. The van der Waals surface area contributed by atoms with Gasteiger partial charge in [-0.25, -0.2) is 0 Å². The van der Waals surface area contributed by atoms with E-state index in [-0.39, 0.29) is 6.54 Å². The maximum atomic E-state index is 10.4. The Labute approximate surface area is 106 Å². The van der Waals surface area contributed by atoms with Gasteiger partial charge < -0.3 is 19.6 Å². The smallest absolute Gasteiger partial charge is 0.161 e. The lowest BCUT2D eigenvalue weighted by Gasteiger charge is -2.12. The summed E-state index contributed by atoms with van der Waals surface area (Å²) >= 11 is 0. The molecule has 18 heavy (non-hydrogen) atoms. The normalized spacial score (nSPS) is 10.4. The van der Waals surface area contributed by atoms with Crippen molar-refractivity contribution in [3.63, 3.8) is 0 Å². The molecular formula is C13H14N2O3. The number of nitrogens with one attached hydrogen (secondary N) is 1. The van der Waals surface area contributed by atoms with Gasteiger partial charge in [0, 0.05) is 11.6 Å². The van der Waals surface area contributed by atoms with Crippen molar-refractivity contribution in [1.82, 2.24) is 5.32 Å². The number of rotatable bonds is 6. The van der Waals surface area contributed by atoms with Crippen LogP contribution in [0.5, 0.6) is 11.5 Å². The number of carbonyl (C=O) groups is 1. The maximum Gasteiger partial charge on any atom is 0.161 e. The van der Waals surface area contributed by atoms with Gasteiger partial charge in [-0.3, -0.25) is 0 Å². The average molecular weight is 246 g/mol. The molecule has 0 unspecified atom stereocenters. The van der Waals surface area contributed by atoms with Gasteiger partial charge in [-0.2, -0.15) is 5.26 Å². The largest absolute Gasteiger partial charge is 0.493 e. The lowest BCUT2D eigenvalue weighted by atomic mass is 10.1. The fourth-order valence-electron chi connectivity index (χ4n) is 1.46. The van der Waals surface area contributed by atoms with Crippen molar-refractivity contribution in [3.05, 3.63) is 29.8 Å². The summed E-state index contributed by atoms with van der Waals surface area (Å²) in [6.45, 7) is 0.141. The molecule has 0 aliphatic heterocycles. The Morgan fingerprint density at radius 3 is 2.67 bits per heavy atom. The third kappa shape index (κ3) is 3.25. The van der Waals surface area contributed by atoms with E-state index < -0.39 is 0 Å². The highest BCUT2D eigenvalue weighted by molar-refractivity contribution is 5.70. The molecule has 0 saturated heterocycles. The first-order chi connectivity index (χ1) is 8.76. The second-order valence-electron chi connectivity index (χ2n) is 3.30. The van der Waals surface area contributed by atoms with Crippen molar-refractivity contribution < 1.29 is 14.3 Å². The fourth-order valence-corrected chi connectivity index (χ4v) is 1.46. The zero-order valence-electron chi connectivity index (χ0n) is 10.3. The van der Waals surface area contributed by atoms with Gasteiger partial charge in [-0.05, 0) is 18.2 Å². The van der Waals surface area contributed by atoms with Crippen LogP contribution < -0.4 is 14.8 Å². The molecule has 0 amide bonds. The molecule has 0 bridgehead atoms. The maximum absolute atomic E-state index is 10.4. The van der Waals surface area contributed by atoms with Gasteiger partial charge in [-0.1, -0.05) is 0 Å². The zero-order chi connectivity index (χ0) is 13.4. The van der Waals surface area contributed by atoms with E-state index in [9.17, 15) is 4.79 Å². The summed E-state index contributed by atoms with van der Waals surface area (Å²) in [5, 5.41) is 11.6. The highest BCUT2D eigenvalue weighted by Crippen LogP contribution is 2.29. The van der Waals surface area contributed by atoms with Crippen molar-refractivity contribution in [1.29, 1.82) is 5.26 Å². The minimum atomic E-state index is 0.141. The average Bonchev–Trinajstić information content (AvgIpc) is 2.42. The summed E-state index contributed by atoms with van der Waals surface area (Å²) in [7, 11) is 3.09. The lowest BCUT2D eigenvalue weighted by molar-refractivity contribution is -0.107. The predicted molar refractivity (Wildman–Crippen MR) is 67.2 cm³/mol. The van der Waals surface area contributed by atoms with Crippen molar-refractivity contribution in [2.24, 2.45) is 0 Å². The summed E-state index contributed by atoms with van der Waals surface area (Å²) in [6, 6.07) is 7.18. The Hall–Kier alpha value is -2.48. The molecule has 0 radical (unpaired) electrons. The Morgan fingerprint density at radius 1 is 1.39 bits per heavy atom. The van der Waals surface area contributed by atoms with Crippen LogP contribution in [-0.2, 0) is 4.79 Å². The first-order valence-electron chi connectivity index (χ1n) is 5.26. The predicted octanol–water partition coefficient (Wildman–Crippen LogP) is 1.36. The number of allylic oxidation sites excluding steroid dienone is 1. The number of hydrogen-bond donors (Lipinski definition) is 1.